The van der Waals surface area contributed by atoms with Gasteiger partial charge in [0.25, 0.3) is 0 Å². The van der Waals surface area contributed by atoms with Crippen molar-refractivity contribution >= 4 is 21.8 Å². The number of carbonyl (C=O) groups excluding carboxylic acids is 1. The topological polar surface area (TPSA) is 49.3 Å². The van der Waals surface area contributed by atoms with Gasteiger partial charge in [-0.05, 0) is 36.5 Å². The van der Waals surface area contributed by atoms with E-state index in [9.17, 15) is 14.3 Å². The average molecular weight is 346 g/mol. The van der Waals surface area contributed by atoms with Crippen molar-refractivity contribution in [1.82, 2.24) is 5.32 Å². The molecule has 0 aromatic heterocycles. The van der Waals surface area contributed by atoms with E-state index in [1.807, 2.05) is 13.8 Å². The predicted molar refractivity (Wildman–Crippen MR) is 80.9 cm³/mol. The van der Waals surface area contributed by atoms with Gasteiger partial charge < -0.3 is 10.4 Å². The number of benzene rings is 1. The molecule has 3 nitrogen and oxygen atoms in total. The van der Waals surface area contributed by atoms with Gasteiger partial charge in [0.1, 0.15) is 5.82 Å². The second-order valence-corrected chi connectivity index (χ2v) is 6.24. The number of hydrogen-bond acceptors (Lipinski definition) is 2. The van der Waals surface area contributed by atoms with Crippen molar-refractivity contribution in [3.8, 4) is 0 Å². The Kier molecular flexibility index (Phi) is 7.16. The molecule has 0 aliphatic carbocycles. The Labute approximate surface area is 127 Å². The van der Waals surface area contributed by atoms with Crippen molar-refractivity contribution in [1.29, 1.82) is 0 Å². The third-order valence-electron chi connectivity index (χ3n) is 2.91. The zero-order valence-corrected chi connectivity index (χ0v) is 13.4. The van der Waals surface area contributed by atoms with Crippen molar-refractivity contribution in [2.24, 2.45) is 5.92 Å². The first-order valence-corrected chi connectivity index (χ1v) is 7.56. The highest BCUT2D eigenvalue weighted by molar-refractivity contribution is 9.10. The lowest BCUT2D eigenvalue weighted by Gasteiger charge is -2.13. The number of nitrogens with one attached hydrogen (secondary N) is 1. The Morgan fingerprint density at radius 1 is 1.45 bits per heavy atom. The van der Waals surface area contributed by atoms with Crippen molar-refractivity contribution in [2.75, 3.05) is 6.54 Å². The minimum Gasteiger partial charge on any atom is -0.391 e. The summed E-state index contributed by atoms with van der Waals surface area (Å²) in [6, 6.07) is 4.81. The Hall–Kier alpha value is -0.940. The molecule has 1 amide bonds. The normalized spacial score (nSPS) is 12.5. The molecule has 0 aliphatic rings. The van der Waals surface area contributed by atoms with Crippen LogP contribution in [0.1, 0.15) is 32.3 Å². The van der Waals surface area contributed by atoms with E-state index >= 15 is 0 Å². The van der Waals surface area contributed by atoms with E-state index in [4.69, 9.17) is 0 Å². The van der Waals surface area contributed by atoms with Gasteiger partial charge in [0.2, 0.25) is 5.91 Å². The van der Waals surface area contributed by atoms with Crippen LogP contribution in [0.25, 0.3) is 0 Å². The SMILES string of the molecule is CC(C)CC(O)CNC(=O)CCc1ccc(Br)cc1F. The number of aliphatic hydroxyl groups is 1. The fourth-order valence-corrected chi connectivity index (χ4v) is 2.25. The quantitative estimate of drug-likeness (QED) is 0.797. The first kappa shape index (κ1) is 17.1. The Bertz CT molecular complexity index is 451. The smallest absolute Gasteiger partial charge is 0.220 e. The maximum Gasteiger partial charge on any atom is 0.220 e. The van der Waals surface area contributed by atoms with Gasteiger partial charge >= 0.3 is 0 Å². The molecule has 1 atom stereocenters. The molecule has 0 spiro atoms. The molecule has 1 aromatic rings. The maximum atomic E-state index is 13.6. The second-order valence-electron chi connectivity index (χ2n) is 5.32. The van der Waals surface area contributed by atoms with Gasteiger partial charge in [-0.3, -0.25) is 4.79 Å². The molecule has 1 aromatic carbocycles. The van der Waals surface area contributed by atoms with E-state index in [0.717, 1.165) is 0 Å². The first-order chi connectivity index (χ1) is 9.38. The summed E-state index contributed by atoms with van der Waals surface area (Å²) in [4.78, 5) is 11.6. The minimum atomic E-state index is -0.525. The summed E-state index contributed by atoms with van der Waals surface area (Å²) < 4.78 is 14.2. The highest BCUT2D eigenvalue weighted by Gasteiger charge is 2.10. The number of amides is 1. The van der Waals surface area contributed by atoms with Crippen LogP contribution in [0, 0.1) is 11.7 Å². The van der Waals surface area contributed by atoms with Crippen LogP contribution in [0.3, 0.4) is 0 Å². The molecule has 0 saturated heterocycles. The molecule has 0 saturated carbocycles. The van der Waals surface area contributed by atoms with Crippen LogP contribution in [-0.2, 0) is 11.2 Å². The van der Waals surface area contributed by atoms with E-state index < -0.39 is 6.10 Å². The lowest BCUT2D eigenvalue weighted by atomic mass is 10.1. The lowest BCUT2D eigenvalue weighted by Crippen LogP contribution is -2.32. The van der Waals surface area contributed by atoms with Crippen LogP contribution in [0.2, 0.25) is 0 Å². The van der Waals surface area contributed by atoms with Crippen LogP contribution in [0.5, 0.6) is 0 Å². The zero-order valence-electron chi connectivity index (χ0n) is 11.8. The molecule has 0 bridgehead atoms. The largest absolute Gasteiger partial charge is 0.391 e. The fraction of sp³-hybridized carbons (Fsp3) is 0.533. The molecule has 0 aliphatic heterocycles. The molecule has 1 unspecified atom stereocenters. The molecule has 0 heterocycles. The predicted octanol–water partition coefficient (Wildman–Crippen LogP) is 3.04. The summed E-state index contributed by atoms with van der Waals surface area (Å²) in [7, 11) is 0. The molecule has 0 fully saturated rings. The van der Waals surface area contributed by atoms with E-state index in [1.165, 1.54) is 6.07 Å². The third-order valence-corrected chi connectivity index (χ3v) is 3.41. The van der Waals surface area contributed by atoms with Crippen LogP contribution < -0.4 is 5.32 Å². The van der Waals surface area contributed by atoms with E-state index in [0.29, 0.717) is 28.8 Å². The molecular formula is C15H21BrFNO2. The van der Waals surface area contributed by atoms with Gasteiger partial charge in [-0.25, -0.2) is 4.39 Å². The Morgan fingerprint density at radius 3 is 2.75 bits per heavy atom. The van der Waals surface area contributed by atoms with Crippen LogP contribution in [0.15, 0.2) is 22.7 Å². The first-order valence-electron chi connectivity index (χ1n) is 6.77. The summed E-state index contributed by atoms with van der Waals surface area (Å²) in [5.41, 5.74) is 0.520. The summed E-state index contributed by atoms with van der Waals surface area (Å²) in [6.07, 6.45) is 0.697. The van der Waals surface area contributed by atoms with Crippen molar-refractivity contribution < 1.29 is 14.3 Å². The standard InChI is InChI=1S/C15H21BrFNO2/c1-10(2)7-13(19)9-18-15(20)6-4-11-3-5-12(16)8-14(11)17/h3,5,8,10,13,19H,4,6-7,9H2,1-2H3,(H,18,20). The van der Waals surface area contributed by atoms with Crippen LogP contribution >= 0.6 is 15.9 Å². The van der Waals surface area contributed by atoms with Gasteiger partial charge in [-0.1, -0.05) is 35.8 Å². The second kappa shape index (κ2) is 8.37. The van der Waals surface area contributed by atoms with E-state index in [-0.39, 0.29) is 24.7 Å². The molecule has 0 radical (unpaired) electrons. The average Bonchev–Trinajstić information content (AvgIpc) is 2.34. The Balaban J connectivity index is 2.33. The number of aryl methyl sites for hydroxylation is 1. The molecule has 1 rings (SSSR count). The fourth-order valence-electron chi connectivity index (χ4n) is 1.92. The molecule has 5 heteroatoms. The number of hydrogen-bond donors (Lipinski definition) is 2. The summed E-state index contributed by atoms with van der Waals surface area (Å²) >= 11 is 3.19. The van der Waals surface area contributed by atoms with Crippen LogP contribution in [0.4, 0.5) is 4.39 Å². The monoisotopic (exact) mass is 345 g/mol. The number of halogens is 2. The van der Waals surface area contributed by atoms with E-state index in [2.05, 4.69) is 21.2 Å². The van der Waals surface area contributed by atoms with Gasteiger partial charge in [-0.2, -0.15) is 0 Å². The molecule has 20 heavy (non-hydrogen) atoms. The van der Waals surface area contributed by atoms with Crippen LogP contribution in [-0.4, -0.2) is 23.7 Å². The highest BCUT2D eigenvalue weighted by Crippen LogP contribution is 2.16. The molecular weight excluding hydrogens is 325 g/mol. The van der Waals surface area contributed by atoms with Gasteiger partial charge in [-0.15, -0.1) is 0 Å². The van der Waals surface area contributed by atoms with E-state index in [1.54, 1.807) is 12.1 Å². The third kappa shape index (κ3) is 6.48. The van der Waals surface area contributed by atoms with Crippen molar-refractivity contribution in [3.63, 3.8) is 0 Å². The van der Waals surface area contributed by atoms with Crippen molar-refractivity contribution in [3.05, 3.63) is 34.1 Å². The lowest BCUT2D eigenvalue weighted by molar-refractivity contribution is -0.121. The molecule has 112 valence electrons. The number of carbonyl (C=O) groups is 1. The molecule has 2 N–H and O–H groups in total. The zero-order chi connectivity index (χ0) is 15.1. The number of aliphatic hydroxyl groups excluding tert-OH is 1. The van der Waals surface area contributed by atoms with Gasteiger partial charge in [0, 0.05) is 17.4 Å². The van der Waals surface area contributed by atoms with Crippen molar-refractivity contribution in [2.45, 2.75) is 39.2 Å². The minimum absolute atomic E-state index is 0.171. The van der Waals surface area contributed by atoms with Gasteiger partial charge in [0.05, 0.1) is 6.10 Å². The Morgan fingerprint density at radius 2 is 2.15 bits per heavy atom. The van der Waals surface area contributed by atoms with Gasteiger partial charge in [0.15, 0.2) is 0 Å². The maximum absolute atomic E-state index is 13.6. The number of rotatable bonds is 7. The summed E-state index contributed by atoms with van der Waals surface area (Å²) in [5.74, 6) is -0.0964. The summed E-state index contributed by atoms with van der Waals surface area (Å²) in [5, 5.41) is 12.3. The highest BCUT2D eigenvalue weighted by atomic mass is 79.9. The summed E-state index contributed by atoms with van der Waals surface area (Å²) in [6.45, 7) is 4.28.